The maximum atomic E-state index is 12.2. The molecule has 7 heteroatoms. The van der Waals surface area contributed by atoms with Crippen LogP contribution in [0.15, 0.2) is 60.0 Å². The Balaban J connectivity index is 1.40. The van der Waals surface area contributed by atoms with E-state index >= 15 is 0 Å². The van der Waals surface area contributed by atoms with Crippen LogP contribution in [0.3, 0.4) is 0 Å². The Labute approximate surface area is 199 Å². The molecule has 1 aromatic heterocycles. The SMILES string of the molecule is CCOCCOCc1cccc(CNC(=O)/C=C/c2ccc(OCc3csc(C)n3)cc2)c1. The average Bonchev–Trinajstić information content (AvgIpc) is 3.26. The molecule has 0 fully saturated rings. The third-order valence-electron chi connectivity index (χ3n) is 4.66. The number of amides is 1. The average molecular weight is 467 g/mol. The van der Waals surface area contributed by atoms with E-state index in [-0.39, 0.29) is 5.91 Å². The Morgan fingerprint density at radius 1 is 1.06 bits per heavy atom. The summed E-state index contributed by atoms with van der Waals surface area (Å²) in [6.45, 7) is 7.23. The molecule has 33 heavy (non-hydrogen) atoms. The van der Waals surface area contributed by atoms with Gasteiger partial charge in [0.2, 0.25) is 5.91 Å². The fourth-order valence-corrected chi connectivity index (χ4v) is 3.61. The molecule has 6 nitrogen and oxygen atoms in total. The minimum atomic E-state index is -0.146. The molecule has 2 aromatic carbocycles. The number of hydrogen-bond donors (Lipinski definition) is 1. The lowest BCUT2D eigenvalue weighted by molar-refractivity contribution is -0.116. The number of rotatable bonds is 13. The molecule has 0 saturated heterocycles. The fourth-order valence-electron chi connectivity index (χ4n) is 3.01. The number of nitrogens with one attached hydrogen (secondary N) is 1. The highest BCUT2D eigenvalue weighted by atomic mass is 32.1. The van der Waals surface area contributed by atoms with Crippen molar-refractivity contribution in [2.45, 2.75) is 33.6 Å². The van der Waals surface area contributed by atoms with E-state index in [1.165, 1.54) is 6.08 Å². The zero-order chi connectivity index (χ0) is 23.3. The number of nitrogens with zero attached hydrogens (tertiary/aromatic N) is 1. The molecule has 0 aliphatic carbocycles. The lowest BCUT2D eigenvalue weighted by Gasteiger charge is -2.07. The number of benzene rings is 2. The molecule has 0 radical (unpaired) electrons. The van der Waals surface area contributed by atoms with Gasteiger partial charge in [-0.2, -0.15) is 0 Å². The van der Waals surface area contributed by atoms with Gasteiger partial charge in [0, 0.05) is 24.6 Å². The van der Waals surface area contributed by atoms with E-state index in [4.69, 9.17) is 14.2 Å². The molecule has 0 bridgehead atoms. The summed E-state index contributed by atoms with van der Waals surface area (Å²) in [6, 6.07) is 15.6. The number of hydrogen-bond acceptors (Lipinski definition) is 6. The van der Waals surface area contributed by atoms with E-state index in [2.05, 4.69) is 10.3 Å². The van der Waals surface area contributed by atoms with Crippen LogP contribution in [0.5, 0.6) is 5.75 Å². The number of carbonyl (C=O) groups is 1. The summed E-state index contributed by atoms with van der Waals surface area (Å²) >= 11 is 1.61. The van der Waals surface area contributed by atoms with E-state index in [1.54, 1.807) is 17.4 Å². The molecule has 0 saturated carbocycles. The first-order chi connectivity index (χ1) is 16.1. The van der Waals surface area contributed by atoms with Crippen LogP contribution >= 0.6 is 11.3 Å². The summed E-state index contributed by atoms with van der Waals surface area (Å²) in [4.78, 5) is 16.6. The summed E-state index contributed by atoms with van der Waals surface area (Å²) in [5.41, 5.74) is 3.95. The van der Waals surface area contributed by atoms with Gasteiger partial charge in [-0.25, -0.2) is 4.98 Å². The Kier molecular flexibility index (Phi) is 10.1. The van der Waals surface area contributed by atoms with Gasteiger partial charge in [0.15, 0.2) is 0 Å². The number of aryl methyl sites for hydroxylation is 1. The summed E-state index contributed by atoms with van der Waals surface area (Å²) in [5.74, 6) is 0.622. The van der Waals surface area contributed by atoms with Gasteiger partial charge in [0.1, 0.15) is 12.4 Å². The van der Waals surface area contributed by atoms with Crippen LogP contribution in [0.4, 0.5) is 0 Å². The number of ether oxygens (including phenoxy) is 3. The minimum Gasteiger partial charge on any atom is -0.487 e. The molecule has 3 rings (SSSR count). The molecule has 0 unspecified atom stereocenters. The van der Waals surface area contributed by atoms with Crippen molar-refractivity contribution in [3.05, 3.63) is 87.4 Å². The fraction of sp³-hybridized carbons (Fsp3) is 0.308. The minimum absolute atomic E-state index is 0.146. The second kappa shape index (κ2) is 13.5. The second-order valence-corrected chi connectivity index (χ2v) is 8.40. The smallest absolute Gasteiger partial charge is 0.244 e. The van der Waals surface area contributed by atoms with E-state index in [9.17, 15) is 4.79 Å². The topological polar surface area (TPSA) is 69.7 Å². The van der Waals surface area contributed by atoms with Crippen molar-refractivity contribution in [3.8, 4) is 5.75 Å². The van der Waals surface area contributed by atoms with E-state index in [0.717, 1.165) is 33.1 Å². The van der Waals surface area contributed by atoms with Crippen LogP contribution in [0, 0.1) is 6.92 Å². The zero-order valence-corrected chi connectivity index (χ0v) is 19.9. The summed E-state index contributed by atoms with van der Waals surface area (Å²) in [7, 11) is 0. The monoisotopic (exact) mass is 466 g/mol. The van der Waals surface area contributed by atoms with Gasteiger partial charge in [-0.05, 0) is 48.7 Å². The van der Waals surface area contributed by atoms with Crippen LogP contribution in [0.25, 0.3) is 6.08 Å². The molecule has 1 amide bonds. The van der Waals surface area contributed by atoms with Gasteiger partial charge >= 0.3 is 0 Å². The van der Waals surface area contributed by atoms with Gasteiger partial charge in [-0.15, -0.1) is 11.3 Å². The van der Waals surface area contributed by atoms with Crippen molar-refractivity contribution >= 4 is 23.3 Å². The lowest BCUT2D eigenvalue weighted by atomic mass is 10.1. The van der Waals surface area contributed by atoms with Crippen LogP contribution in [0.1, 0.15) is 34.3 Å². The third-order valence-corrected chi connectivity index (χ3v) is 5.49. The molecule has 1 N–H and O–H groups in total. The molecule has 3 aromatic rings. The van der Waals surface area contributed by atoms with Gasteiger partial charge in [-0.1, -0.05) is 36.4 Å². The highest BCUT2D eigenvalue weighted by Crippen LogP contribution is 2.16. The molecule has 0 aliphatic heterocycles. The highest BCUT2D eigenvalue weighted by Gasteiger charge is 2.02. The first kappa shape index (κ1) is 24.6. The lowest BCUT2D eigenvalue weighted by Crippen LogP contribution is -2.20. The van der Waals surface area contributed by atoms with Crippen LogP contribution in [0.2, 0.25) is 0 Å². The maximum Gasteiger partial charge on any atom is 0.244 e. The van der Waals surface area contributed by atoms with E-state index < -0.39 is 0 Å². The van der Waals surface area contributed by atoms with Crippen molar-refractivity contribution < 1.29 is 19.0 Å². The van der Waals surface area contributed by atoms with E-state index in [0.29, 0.717) is 39.6 Å². The van der Waals surface area contributed by atoms with Crippen molar-refractivity contribution in [2.75, 3.05) is 19.8 Å². The van der Waals surface area contributed by atoms with Crippen molar-refractivity contribution in [2.24, 2.45) is 0 Å². The van der Waals surface area contributed by atoms with Gasteiger partial charge in [0.05, 0.1) is 30.5 Å². The molecule has 1 heterocycles. The normalized spacial score (nSPS) is 11.1. The maximum absolute atomic E-state index is 12.2. The zero-order valence-electron chi connectivity index (χ0n) is 19.1. The van der Waals surface area contributed by atoms with Crippen molar-refractivity contribution in [3.63, 3.8) is 0 Å². The first-order valence-corrected chi connectivity index (χ1v) is 11.8. The first-order valence-electron chi connectivity index (χ1n) is 11.0. The summed E-state index contributed by atoms with van der Waals surface area (Å²) in [5, 5.41) is 5.94. The predicted molar refractivity (Wildman–Crippen MR) is 131 cm³/mol. The molecular formula is C26H30N2O4S. The number of thiazole rings is 1. The number of aromatic nitrogens is 1. The third kappa shape index (κ3) is 9.18. The largest absolute Gasteiger partial charge is 0.487 e. The van der Waals surface area contributed by atoms with E-state index in [1.807, 2.05) is 67.8 Å². The molecule has 0 aliphatic rings. The Hall–Kier alpha value is -3.00. The van der Waals surface area contributed by atoms with Crippen molar-refractivity contribution in [1.82, 2.24) is 10.3 Å². The van der Waals surface area contributed by atoms with Gasteiger partial charge in [0.25, 0.3) is 0 Å². The second-order valence-electron chi connectivity index (χ2n) is 7.34. The van der Waals surface area contributed by atoms with Gasteiger partial charge in [-0.3, -0.25) is 4.79 Å². The molecular weight excluding hydrogens is 436 g/mol. The predicted octanol–water partition coefficient (Wildman–Crippen LogP) is 4.91. The summed E-state index contributed by atoms with van der Waals surface area (Å²) < 4.78 is 16.6. The highest BCUT2D eigenvalue weighted by molar-refractivity contribution is 7.09. The molecule has 0 spiro atoms. The molecule has 174 valence electrons. The number of carbonyl (C=O) groups excluding carboxylic acids is 1. The molecule has 0 atom stereocenters. The van der Waals surface area contributed by atoms with Crippen molar-refractivity contribution in [1.29, 1.82) is 0 Å². The van der Waals surface area contributed by atoms with Crippen LogP contribution in [-0.2, 0) is 34.0 Å². The van der Waals surface area contributed by atoms with Crippen LogP contribution in [-0.4, -0.2) is 30.7 Å². The quantitative estimate of drug-likeness (QED) is 0.286. The van der Waals surface area contributed by atoms with Gasteiger partial charge < -0.3 is 19.5 Å². The van der Waals surface area contributed by atoms with Crippen LogP contribution < -0.4 is 10.1 Å². The Bertz CT molecular complexity index is 1030. The Morgan fingerprint density at radius 3 is 2.61 bits per heavy atom. The standard InChI is InChI=1S/C26H30N2O4S/c1-3-30-13-14-31-17-23-6-4-5-22(15-23)16-27-26(29)12-9-21-7-10-25(11-8-21)32-18-24-19-33-20(2)28-24/h4-12,15,19H,3,13-14,16-18H2,1-2H3,(H,27,29)/b12-9+. The Morgan fingerprint density at radius 2 is 1.85 bits per heavy atom. The summed E-state index contributed by atoms with van der Waals surface area (Å²) in [6.07, 6.45) is 3.32.